The molecule has 0 aliphatic carbocycles. The Balaban J connectivity index is 1.75. The number of aliphatic hydroxyl groups is 1. The maximum absolute atomic E-state index is 9.92. The van der Waals surface area contributed by atoms with Crippen molar-refractivity contribution in [1.82, 2.24) is 0 Å². The molecule has 1 aliphatic rings. The van der Waals surface area contributed by atoms with Gasteiger partial charge >= 0.3 is 0 Å². The predicted molar refractivity (Wildman–Crippen MR) is 79.4 cm³/mol. The third kappa shape index (κ3) is 4.75. The van der Waals surface area contributed by atoms with Gasteiger partial charge in [-0.2, -0.15) is 0 Å². The number of ether oxygens (including phenoxy) is 2. The van der Waals surface area contributed by atoms with Crippen molar-refractivity contribution < 1.29 is 14.6 Å². The molecule has 0 fully saturated rings. The summed E-state index contributed by atoms with van der Waals surface area (Å²) in [5, 5.41) is 9.92. The first-order valence-corrected chi connectivity index (χ1v) is 7.43. The van der Waals surface area contributed by atoms with Crippen LogP contribution in [0.1, 0.15) is 31.7 Å². The van der Waals surface area contributed by atoms with Gasteiger partial charge in [-0.3, -0.25) is 0 Å². The molecule has 0 saturated heterocycles. The Morgan fingerprint density at radius 2 is 2.00 bits per heavy atom. The minimum Gasteiger partial charge on any atom is -0.386 e. The summed E-state index contributed by atoms with van der Waals surface area (Å²) in [6.07, 6.45) is 6.40. The molecule has 1 aliphatic heterocycles. The average Bonchev–Trinajstić information content (AvgIpc) is 2.49. The quantitative estimate of drug-likeness (QED) is 0.778. The zero-order valence-corrected chi connectivity index (χ0v) is 12.1. The number of hydrogen-bond donors (Lipinski definition) is 1. The molecule has 20 heavy (non-hydrogen) atoms. The Morgan fingerprint density at radius 3 is 2.75 bits per heavy atom. The third-order valence-electron chi connectivity index (χ3n) is 3.49. The maximum atomic E-state index is 9.92. The summed E-state index contributed by atoms with van der Waals surface area (Å²) in [6, 6.07) is 10.0. The van der Waals surface area contributed by atoms with Crippen LogP contribution in [0, 0.1) is 0 Å². The highest BCUT2D eigenvalue weighted by Crippen LogP contribution is 2.18. The molecule has 0 spiro atoms. The molecule has 1 aromatic rings. The van der Waals surface area contributed by atoms with E-state index in [0.29, 0.717) is 13.2 Å². The molecule has 0 amide bonds. The van der Waals surface area contributed by atoms with Gasteiger partial charge in [0.15, 0.2) is 0 Å². The molecule has 0 radical (unpaired) electrons. The summed E-state index contributed by atoms with van der Waals surface area (Å²) in [5.41, 5.74) is 1.14. The zero-order valence-electron chi connectivity index (χ0n) is 12.1. The van der Waals surface area contributed by atoms with Gasteiger partial charge in [-0.15, -0.1) is 0 Å². The second-order valence-corrected chi connectivity index (χ2v) is 5.23. The summed E-state index contributed by atoms with van der Waals surface area (Å²) in [7, 11) is 0. The second kappa shape index (κ2) is 8.20. The van der Waals surface area contributed by atoms with E-state index < -0.39 is 6.10 Å². The van der Waals surface area contributed by atoms with Crippen molar-refractivity contribution in [2.75, 3.05) is 6.61 Å². The van der Waals surface area contributed by atoms with Crippen molar-refractivity contribution in [1.29, 1.82) is 0 Å². The van der Waals surface area contributed by atoms with Gasteiger partial charge in [0, 0.05) is 0 Å². The fourth-order valence-corrected chi connectivity index (χ4v) is 2.29. The van der Waals surface area contributed by atoms with Crippen LogP contribution in [0.15, 0.2) is 42.5 Å². The highest BCUT2D eigenvalue weighted by atomic mass is 16.5. The Morgan fingerprint density at radius 1 is 1.20 bits per heavy atom. The van der Waals surface area contributed by atoms with Crippen molar-refractivity contribution in [3.05, 3.63) is 48.0 Å². The lowest BCUT2D eigenvalue weighted by atomic mass is 10.1. The zero-order chi connectivity index (χ0) is 14.2. The molecule has 3 heteroatoms. The van der Waals surface area contributed by atoms with Crippen LogP contribution in [-0.4, -0.2) is 30.0 Å². The fraction of sp³-hybridized carbons (Fsp3) is 0.529. The average molecular weight is 276 g/mol. The molecule has 1 aromatic carbocycles. The van der Waals surface area contributed by atoms with Gasteiger partial charge in [0.25, 0.3) is 0 Å². The van der Waals surface area contributed by atoms with E-state index in [0.717, 1.165) is 24.8 Å². The van der Waals surface area contributed by atoms with E-state index in [2.05, 4.69) is 6.92 Å². The van der Waals surface area contributed by atoms with Gasteiger partial charge < -0.3 is 14.6 Å². The van der Waals surface area contributed by atoms with E-state index in [1.807, 2.05) is 42.5 Å². The summed E-state index contributed by atoms with van der Waals surface area (Å²) < 4.78 is 11.5. The molecule has 0 saturated carbocycles. The Bertz CT molecular complexity index is 402. The van der Waals surface area contributed by atoms with Gasteiger partial charge in [0.05, 0.1) is 19.3 Å². The van der Waals surface area contributed by atoms with Crippen molar-refractivity contribution in [2.24, 2.45) is 0 Å². The summed E-state index contributed by atoms with van der Waals surface area (Å²) in [4.78, 5) is 0. The number of rotatable bonds is 7. The van der Waals surface area contributed by atoms with Gasteiger partial charge in [0.2, 0.25) is 0 Å². The molecule has 3 nitrogen and oxygen atoms in total. The van der Waals surface area contributed by atoms with Gasteiger partial charge in [-0.25, -0.2) is 0 Å². The van der Waals surface area contributed by atoms with Crippen molar-refractivity contribution in [3.8, 4) is 0 Å². The summed E-state index contributed by atoms with van der Waals surface area (Å²) in [5.74, 6) is 0. The van der Waals surface area contributed by atoms with Crippen molar-refractivity contribution >= 4 is 0 Å². The second-order valence-electron chi connectivity index (χ2n) is 5.23. The van der Waals surface area contributed by atoms with Crippen LogP contribution in [0.2, 0.25) is 0 Å². The molecule has 0 aromatic heterocycles. The standard InChI is InChI=1S/C17H24O3/c1-2-3-9-15-10-11-16(18)17(20-15)13-19-12-14-7-5-4-6-8-14/h4-8,10-11,15-18H,2-3,9,12-13H2,1H3/t15-,16+,17+/m0/s1. The maximum Gasteiger partial charge on any atom is 0.111 e. The number of benzene rings is 1. The number of aliphatic hydroxyl groups excluding tert-OH is 1. The Hall–Kier alpha value is -1.16. The van der Waals surface area contributed by atoms with Crippen molar-refractivity contribution in [3.63, 3.8) is 0 Å². The van der Waals surface area contributed by atoms with E-state index in [1.165, 1.54) is 0 Å². The third-order valence-corrected chi connectivity index (χ3v) is 3.49. The highest BCUT2D eigenvalue weighted by Gasteiger charge is 2.25. The van der Waals surface area contributed by atoms with E-state index in [1.54, 1.807) is 0 Å². The van der Waals surface area contributed by atoms with Crippen LogP contribution in [0.5, 0.6) is 0 Å². The molecule has 110 valence electrons. The normalized spacial score (nSPS) is 25.8. The molecular formula is C17H24O3. The van der Waals surface area contributed by atoms with E-state index in [-0.39, 0.29) is 12.2 Å². The summed E-state index contributed by atoms with van der Waals surface area (Å²) in [6.45, 7) is 3.14. The topological polar surface area (TPSA) is 38.7 Å². The van der Waals surface area contributed by atoms with Crippen LogP contribution in [0.3, 0.4) is 0 Å². The van der Waals surface area contributed by atoms with Crippen LogP contribution < -0.4 is 0 Å². The molecule has 3 atom stereocenters. The fourth-order valence-electron chi connectivity index (χ4n) is 2.29. The number of unbranched alkanes of at least 4 members (excludes halogenated alkanes) is 1. The van der Waals surface area contributed by atoms with Gasteiger partial charge in [-0.1, -0.05) is 62.2 Å². The smallest absolute Gasteiger partial charge is 0.111 e. The lowest BCUT2D eigenvalue weighted by Crippen LogP contribution is -2.38. The highest BCUT2D eigenvalue weighted by molar-refractivity contribution is 5.13. The van der Waals surface area contributed by atoms with E-state index in [9.17, 15) is 5.11 Å². The minimum atomic E-state index is -0.566. The molecule has 2 rings (SSSR count). The van der Waals surface area contributed by atoms with Crippen LogP contribution in [0.4, 0.5) is 0 Å². The molecule has 0 unspecified atom stereocenters. The molecule has 1 heterocycles. The molecule has 0 bridgehead atoms. The molecular weight excluding hydrogens is 252 g/mol. The minimum absolute atomic E-state index is 0.115. The largest absolute Gasteiger partial charge is 0.386 e. The van der Waals surface area contributed by atoms with Crippen LogP contribution in [-0.2, 0) is 16.1 Å². The monoisotopic (exact) mass is 276 g/mol. The predicted octanol–water partition coefficient (Wildman–Crippen LogP) is 3.08. The first kappa shape index (κ1) is 15.2. The van der Waals surface area contributed by atoms with E-state index in [4.69, 9.17) is 9.47 Å². The Labute approximate surface area is 121 Å². The van der Waals surface area contributed by atoms with Gasteiger partial charge in [0.1, 0.15) is 12.2 Å². The SMILES string of the molecule is CCCC[C@H]1C=C[C@@H](O)[C@@H](COCc2ccccc2)O1. The van der Waals surface area contributed by atoms with Crippen LogP contribution >= 0.6 is 0 Å². The van der Waals surface area contributed by atoms with Gasteiger partial charge in [-0.05, 0) is 12.0 Å². The Kier molecular flexibility index (Phi) is 6.25. The number of hydrogen-bond acceptors (Lipinski definition) is 3. The lowest BCUT2D eigenvalue weighted by Gasteiger charge is -2.29. The van der Waals surface area contributed by atoms with Crippen molar-refractivity contribution in [2.45, 2.75) is 51.1 Å². The summed E-state index contributed by atoms with van der Waals surface area (Å²) >= 11 is 0. The lowest BCUT2D eigenvalue weighted by molar-refractivity contribution is -0.0979. The van der Waals surface area contributed by atoms with E-state index >= 15 is 0 Å². The first-order chi connectivity index (χ1) is 9.79. The first-order valence-electron chi connectivity index (χ1n) is 7.43. The van der Waals surface area contributed by atoms with Crippen LogP contribution in [0.25, 0.3) is 0 Å². The molecule has 1 N–H and O–H groups in total.